The van der Waals surface area contributed by atoms with Gasteiger partial charge in [-0.15, -0.1) is 0 Å². The Morgan fingerprint density at radius 1 is 1.35 bits per heavy atom. The van der Waals surface area contributed by atoms with Crippen LogP contribution in [0.4, 0.5) is 8.78 Å². The zero-order valence-electron chi connectivity index (χ0n) is 11.0. The van der Waals surface area contributed by atoms with Crippen LogP contribution in [0.5, 0.6) is 0 Å². The van der Waals surface area contributed by atoms with Crippen molar-refractivity contribution in [3.05, 3.63) is 0 Å². The van der Waals surface area contributed by atoms with Crippen molar-refractivity contribution < 1.29 is 18.7 Å². The summed E-state index contributed by atoms with van der Waals surface area (Å²) in [6.07, 6.45) is -3.41. The number of rotatable bonds is 6. The summed E-state index contributed by atoms with van der Waals surface area (Å²) >= 11 is 0. The maximum absolute atomic E-state index is 12.0. The average molecular weight is 251 g/mol. The summed E-state index contributed by atoms with van der Waals surface area (Å²) in [6, 6.07) is 0. The minimum atomic E-state index is -2.82. The van der Waals surface area contributed by atoms with Crippen LogP contribution in [-0.4, -0.2) is 30.1 Å². The normalized spacial score (nSPS) is 15.8. The second-order valence-corrected chi connectivity index (χ2v) is 5.78. The zero-order valence-corrected chi connectivity index (χ0v) is 11.0. The molecule has 0 radical (unpaired) electrons. The maximum Gasteiger partial charge on any atom is 0.265 e. The van der Waals surface area contributed by atoms with Crippen LogP contribution in [0.15, 0.2) is 0 Å². The molecule has 0 fully saturated rings. The smallest absolute Gasteiger partial charge is 0.265 e. The Morgan fingerprint density at radius 2 is 1.88 bits per heavy atom. The second-order valence-electron chi connectivity index (χ2n) is 5.78. The molecule has 0 spiro atoms. The summed E-state index contributed by atoms with van der Waals surface area (Å²) in [5.41, 5.74) is 0.141. The number of hydrogen-bond acceptors (Lipinski definition) is 2. The fourth-order valence-corrected chi connectivity index (χ4v) is 1.81. The van der Waals surface area contributed by atoms with Crippen LogP contribution in [0, 0.1) is 11.3 Å². The molecule has 0 aromatic carbocycles. The molecular weight excluding hydrogens is 228 g/mol. The van der Waals surface area contributed by atoms with Crippen molar-refractivity contribution in [2.24, 2.45) is 11.3 Å². The van der Waals surface area contributed by atoms with Crippen LogP contribution in [0.2, 0.25) is 0 Å². The molecule has 0 bridgehead atoms. The van der Waals surface area contributed by atoms with Crippen LogP contribution < -0.4 is 5.32 Å². The topological polar surface area (TPSA) is 49.3 Å². The molecule has 102 valence electrons. The van der Waals surface area contributed by atoms with E-state index in [4.69, 9.17) is 5.11 Å². The number of alkyl halides is 2. The molecule has 1 amide bonds. The van der Waals surface area contributed by atoms with Crippen molar-refractivity contribution >= 4 is 5.91 Å². The Labute approximate surface area is 102 Å². The molecule has 0 aliphatic carbocycles. The van der Waals surface area contributed by atoms with Gasteiger partial charge in [0.2, 0.25) is 5.91 Å². The first kappa shape index (κ1) is 16.3. The number of amides is 1. The van der Waals surface area contributed by atoms with Crippen molar-refractivity contribution in [3.63, 3.8) is 0 Å². The number of carbonyl (C=O) groups excluding carboxylic acids is 1. The van der Waals surface area contributed by atoms with E-state index in [0.717, 1.165) is 6.42 Å². The lowest BCUT2D eigenvalue weighted by Gasteiger charge is -2.23. The van der Waals surface area contributed by atoms with Crippen LogP contribution >= 0.6 is 0 Å². The molecule has 3 nitrogen and oxygen atoms in total. The molecule has 0 saturated heterocycles. The number of nitrogens with one attached hydrogen (secondary N) is 1. The molecule has 0 aromatic heterocycles. The molecule has 0 saturated carbocycles. The van der Waals surface area contributed by atoms with Crippen molar-refractivity contribution in [2.75, 3.05) is 6.54 Å². The highest BCUT2D eigenvalue weighted by atomic mass is 19.3. The molecule has 2 atom stereocenters. The van der Waals surface area contributed by atoms with Gasteiger partial charge in [-0.2, -0.15) is 0 Å². The van der Waals surface area contributed by atoms with Gasteiger partial charge in [-0.3, -0.25) is 4.79 Å². The van der Waals surface area contributed by atoms with Gasteiger partial charge in [-0.1, -0.05) is 27.7 Å². The second kappa shape index (κ2) is 6.89. The van der Waals surface area contributed by atoms with E-state index in [2.05, 4.69) is 26.1 Å². The van der Waals surface area contributed by atoms with Crippen molar-refractivity contribution in [2.45, 2.75) is 53.1 Å². The Kier molecular flexibility index (Phi) is 6.60. The number of hydrogen-bond donors (Lipinski definition) is 2. The predicted octanol–water partition coefficient (Wildman–Crippen LogP) is 2.19. The third kappa shape index (κ3) is 9.03. The van der Waals surface area contributed by atoms with Crippen LogP contribution in [0.25, 0.3) is 0 Å². The van der Waals surface area contributed by atoms with Gasteiger partial charge in [0.15, 0.2) is 0 Å². The summed E-state index contributed by atoms with van der Waals surface area (Å²) in [6.45, 7) is 7.82. The number of aliphatic hydroxyl groups excluding tert-OH is 1. The van der Waals surface area contributed by atoms with E-state index in [1.165, 1.54) is 0 Å². The zero-order chi connectivity index (χ0) is 13.6. The summed E-state index contributed by atoms with van der Waals surface area (Å²) in [4.78, 5) is 11.4. The standard InChI is InChI=1S/C12H23F2NO2/c1-8(6-12(2,3)4)5-10(17)15-7-9(16)11(13)14/h8-9,11,16H,5-7H2,1-4H3,(H,15,17). The summed E-state index contributed by atoms with van der Waals surface area (Å²) < 4.78 is 23.9. The first-order valence-corrected chi connectivity index (χ1v) is 5.84. The summed E-state index contributed by atoms with van der Waals surface area (Å²) in [7, 11) is 0. The third-order valence-corrected chi connectivity index (χ3v) is 2.29. The Balaban J connectivity index is 3.87. The van der Waals surface area contributed by atoms with Crippen molar-refractivity contribution in [1.29, 1.82) is 0 Å². The fraction of sp³-hybridized carbons (Fsp3) is 0.917. The van der Waals surface area contributed by atoms with Gasteiger partial charge in [0.05, 0.1) is 0 Å². The SMILES string of the molecule is CC(CC(=O)NCC(O)C(F)F)CC(C)(C)C. The first-order valence-electron chi connectivity index (χ1n) is 5.84. The molecular formula is C12H23F2NO2. The lowest BCUT2D eigenvalue weighted by Crippen LogP contribution is -2.36. The number of halogens is 2. The fourth-order valence-electron chi connectivity index (χ4n) is 1.81. The van der Waals surface area contributed by atoms with E-state index in [1.54, 1.807) is 0 Å². The van der Waals surface area contributed by atoms with Gasteiger partial charge < -0.3 is 10.4 Å². The van der Waals surface area contributed by atoms with E-state index >= 15 is 0 Å². The maximum atomic E-state index is 12.0. The summed E-state index contributed by atoms with van der Waals surface area (Å²) in [5.74, 6) is -0.0971. The molecule has 17 heavy (non-hydrogen) atoms. The van der Waals surface area contributed by atoms with Gasteiger partial charge >= 0.3 is 0 Å². The highest BCUT2D eigenvalue weighted by Crippen LogP contribution is 2.25. The van der Waals surface area contributed by atoms with Gasteiger partial charge in [0.25, 0.3) is 6.43 Å². The number of carbonyl (C=O) groups is 1. The largest absolute Gasteiger partial charge is 0.385 e. The van der Waals surface area contributed by atoms with E-state index in [-0.39, 0.29) is 17.2 Å². The molecule has 0 heterocycles. The van der Waals surface area contributed by atoms with E-state index in [9.17, 15) is 13.6 Å². The van der Waals surface area contributed by atoms with Gasteiger partial charge in [-0.05, 0) is 17.8 Å². The monoisotopic (exact) mass is 251 g/mol. The van der Waals surface area contributed by atoms with Crippen molar-refractivity contribution in [3.8, 4) is 0 Å². The minimum absolute atomic E-state index is 0.141. The van der Waals surface area contributed by atoms with Crippen LogP contribution in [0.1, 0.15) is 40.5 Å². The molecule has 0 aliphatic heterocycles. The summed E-state index contributed by atoms with van der Waals surface area (Å²) in [5, 5.41) is 11.1. The Bertz CT molecular complexity index is 239. The quantitative estimate of drug-likeness (QED) is 0.760. The van der Waals surface area contributed by atoms with Gasteiger partial charge in [-0.25, -0.2) is 8.78 Å². The third-order valence-electron chi connectivity index (χ3n) is 2.29. The van der Waals surface area contributed by atoms with Crippen LogP contribution in [-0.2, 0) is 4.79 Å². The molecule has 0 aromatic rings. The van der Waals surface area contributed by atoms with Crippen molar-refractivity contribution in [1.82, 2.24) is 5.32 Å². The lowest BCUT2D eigenvalue weighted by molar-refractivity contribution is -0.123. The van der Waals surface area contributed by atoms with Crippen LogP contribution in [0.3, 0.4) is 0 Å². The lowest BCUT2D eigenvalue weighted by atomic mass is 9.84. The molecule has 0 aliphatic rings. The van der Waals surface area contributed by atoms with Gasteiger partial charge in [0, 0.05) is 13.0 Å². The molecule has 2 N–H and O–H groups in total. The van der Waals surface area contributed by atoms with E-state index in [1.807, 2.05) is 6.92 Å². The van der Waals surface area contributed by atoms with E-state index in [0.29, 0.717) is 6.42 Å². The van der Waals surface area contributed by atoms with Gasteiger partial charge in [0.1, 0.15) is 6.10 Å². The highest BCUT2D eigenvalue weighted by molar-refractivity contribution is 5.76. The predicted molar refractivity (Wildman–Crippen MR) is 62.9 cm³/mol. The average Bonchev–Trinajstić information content (AvgIpc) is 2.10. The number of aliphatic hydroxyl groups is 1. The molecule has 2 unspecified atom stereocenters. The Hall–Kier alpha value is -0.710. The first-order chi connectivity index (χ1) is 7.61. The Morgan fingerprint density at radius 3 is 2.29 bits per heavy atom. The van der Waals surface area contributed by atoms with E-state index < -0.39 is 19.1 Å². The minimum Gasteiger partial charge on any atom is -0.385 e. The molecule has 0 rings (SSSR count). The highest BCUT2D eigenvalue weighted by Gasteiger charge is 2.20. The molecule has 5 heteroatoms.